The van der Waals surface area contributed by atoms with Gasteiger partial charge in [-0.25, -0.2) is 13.4 Å². The second-order valence-corrected chi connectivity index (χ2v) is 12.4. The number of carbonyl (C=O) groups is 1. The molecule has 0 radical (unpaired) electrons. The van der Waals surface area contributed by atoms with E-state index in [0.29, 0.717) is 46.7 Å². The molecule has 0 spiro atoms. The molecule has 7 nitrogen and oxygen atoms in total. The molecule has 1 aliphatic heterocycles. The smallest absolute Gasteiger partial charge is 0.255 e. The number of benzene rings is 3. The number of carbonyl (C=O) groups excluding carboxylic acids is 1. The van der Waals surface area contributed by atoms with Crippen LogP contribution in [0.4, 0.5) is 5.69 Å². The molecule has 5 rings (SSSR count). The predicted molar refractivity (Wildman–Crippen MR) is 143 cm³/mol. The second kappa shape index (κ2) is 9.65. The van der Waals surface area contributed by atoms with Crippen molar-refractivity contribution in [3.8, 4) is 16.3 Å². The quantitative estimate of drug-likeness (QED) is 0.357. The topological polar surface area (TPSA) is 99.6 Å². The Morgan fingerprint density at radius 3 is 2.39 bits per heavy atom. The predicted octanol–water partition coefficient (Wildman–Crippen LogP) is 5.59. The van der Waals surface area contributed by atoms with E-state index in [1.807, 2.05) is 24.3 Å². The minimum atomic E-state index is -3.61. The number of para-hydroxylation sites is 1. The highest BCUT2D eigenvalue weighted by Gasteiger charge is 2.31. The monoisotopic (exact) mass is 521 g/mol. The molecule has 1 amide bonds. The Hall–Kier alpha value is -3.27. The zero-order valence-electron chi connectivity index (χ0n) is 20.0. The van der Waals surface area contributed by atoms with Gasteiger partial charge in [-0.15, -0.1) is 11.3 Å². The van der Waals surface area contributed by atoms with Crippen molar-refractivity contribution in [1.29, 1.82) is 0 Å². The summed E-state index contributed by atoms with van der Waals surface area (Å²) in [5, 5.41) is 14.0. The van der Waals surface area contributed by atoms with Gasteiger partial charge in [0.15, 0.2) is 0 Å². The number of amides is 1. The van der Waals surface area contributed by atoms with Crippen LogP contribution >= 0.6 is 11.3 Å². The summed E-state index contributed by atoms with van der Waals surface area (Å²) in [5.74, 6) is 0.238. The van der Waals surface area contributed by atoms with Crippen LogP contribution in [0.3, 0.4) is 0 Å². The van der Waals surface area contributed by atoms with Crippen molar-refractivity contribution in [2.75, 3.05) is 18.4 Å². The van der Waals surface area contributed by atoms with Gasteiger partial charge in [-0.05, 0) is 66.8 Å². The Morgan fingerprint density at radius 2 is 1.72 bits per heavy atom. The van der Waals surface area contributed by atoms with Gasteiger partial charge in [-0.3, -0.25) is 4.79 Å². The molecule has 1 saturated heterocycles. The fraction of sp³-hybridized carbons (Fsp3) is 0.259. The summed E-state index contributed by atoms with van der Waals surface area (Å²) in [6, 6.07) is 18.6. The highest BCUT2D eigenvalue weighted by molar-refractivity contribution is 7.89. The molecule has 2 unspecified atom stereocenters. The van der Waals surface area contributed by atoms with E-state index >= 15 is 0 Å². The first-order valence-corrected chi connectivity index (χ1v) is 14.1. The van der Waals surface area contributed by atoms with Gasteiger partial charge in [0.2, 0.25) is 10.0 Å². The Morgan fingerprint density at radius 1 is 1.03 bits per heavy atom. The summed E-state index contributed by atoms with van der Waals surface area (Å²) >= 11 is 1.48. The van der Waals surface area contributed by atoms with Crippen LogP contribution in [-0.2, 0) is 10.0 Å². The van der Waals surface area contributed by atoms with Crippen LogP contribution in [0, 0.1) is 11.8 Å². The van der Waals surface area contributed by atoms with Crippen LogP contribution < -0.4 is 5.32 Å². The van der Waals surface area contributed by atoms with E-state index in [2.05, 4.69) is 24.1 Å². The molecule has 0 bridgehead atoms. The molecule has 1 aromatic heterocycles. The molecule has 1 aliphatic rings. The molecule has 0 aliphatic carbocycles. The lowest BCUT2D eigenvalue weighted by atomic mass is 9.94. The summed E-state index contributed by atoms with van der Waals surface area (Å²) in [4.78, 5) is 17.5. The van der Waals surface area contributed by atoms with E-state index in [0.717, 1.165) is 16.6 Å². The van der Waals surface area contributed by atoms with Crippen LogP contribution in [0.1, 0.15) is 30.6 Å². The van der Waals surface area contributed by atoms with Crippen molar-refractivity contribution >= 4 is 43.2 Å². The molecular formula is C27H27N3O4S2. The number of fused-ring (bicyclic) bond motifs is 1. The zero-order chi connectivity index (χ0) is 25.4. The minimum absolute atomic E-state index is 0.0123. The van der Waals surface area contributed by atoms with Gasteiger partial charge in [-0.2, -0.15) is 4.31 Å². The van der Waals surface area contributed by atoms with Crippen LogP contribution in [0.2, 0.25) is 0 Å². The molecule has 0 saturated carbocycles. The Bertz CT molecular complexity index is 1490. The average molecular weight is 522 g/mol. The maximum atomic E-state index is 13.1. The first-order valence-electron chi connectivity index (χ1n) is 11.8. The Balaban J connectivity index is 1.30. The van der Waals surface area contributed by atoms with E-state index in [-0.39, 0.29) is 10.6 Å². The van der Waals surface area contributed by atoms with Crippen molar-refractivity contribution in [2.24, 2.45) is 11.8 Å². The molecule has 2 atom stereocenters. The largest absolute Gasteiger partial charge is 0.507 e. The van der Waals surface area contributed by atoms with Crippen molar-refractivity contribution in [3.05, 3.63) is 72.3 Å². The van der Waals surface area contributed by atoms with Crippen molar-refractivity contribution in [3.63, 3.8) is 0 Å². The maximum absolute atomic E-state index is 13.1. The zero-order valence-corrected chi connectivity index (χ0v) is 21.6. The number of thiazole rings is 1. The number of phenols is 1. The van der Waals surface area contributed by atoms with Crippen LogP contribution in [0.25, 0.3) is 20.8 Å². The summed E-state index contributed by atoms with van der Waals surface area (Å²) in [6.07, 6.45) is 1.02. The fourth-order valence-electron chi connectivity index (χ4n) is 4.71. The molecule has 4 aromatic rings. The van der Waals surface area contributed by atoms with Crippen LogP contribution in [0.5, 0.6) is 5.75 Å². The number of aromatic nitrogens is 1. The van der Waals surface area contributed by atoms with Gasteiger partial charge in [0.1, 0.15) is 10.8 Å². The van der Waals surface area contributed by atoms with Crippen molar-refractivity contribution < 1.29 is 18.3 Å². The molecule has 1 fully saturated rings. The third-order valence-corrected chi connectivity index (χ3v) is 9.29. The summed E-state index contributed by atoms with van der Waals surface area (Å²) < 4.78 is 28.7. The fourth-order valence-corrected chi connectivity index (χ4v) is 7.39. The van der Waals surface area contributed by atoms with E-state index in [1.54, 1.807) is 12.1 Å². The number of anilines is 1. The molecular weight excluding hydrogens is 494 g/mol. The Labute approximate surface area is 214 Å². The second-order valence-electron chi connectivity index (χ2n) is 9.47. The highest BCUT2D eigenvalue weighted by atomic mass is 32.2. The molecule has 3 aromatic carbocycles. The minimum Gasteiger partial charge on any atom is -0.507 e. The lowest BCUT2D eigenvalue weighted by molar-refractivity contribution is 0.102. The van der Waals surface area contributed by atoms with Gasteiger partial charge < -0.3 is 10.4 Å². The maximum Gasteiger partial charge on any atom is 0.255 e. The van der Waals surface area contributed by atoms with E-state index in [1.165, 1.54) is 46.0 Å². The van der Waals surface area contributed by atoms with Crippen LogP contribution in [-0.4, -0.2) is 41.8 Å². The average Bonchev–Trinajstić information content (AvgIpc) is 3.27. The molecule has 2 heterocycles. The first kappa shape index (κ1) is 24.4. The highest BCUT2D eigenvalue weighted by Crippen LogP contribution is 2.36. The number of nitrogens with one attached hydrogen (secondary N) is 1. The number of nitrogens with zero attached hydrogens (tertiary/aromatic N) is 2. The van der Waals surface area contributed by atoms with Gasteiger partial charge in [0.05, 0.1) is 20.7 Å². The van der Waals surface area contributed by atoms with Crippen LogP contribution in [0.15, 0.2) is 71.6 Å². The molecule has 9 heteroatoms. The summed E-state index contributed by atoms with van der Waals surface area (Å²) in [7, 11) is -3.61. The van der Waals surface area contributed by atoms with E-state index < -0.39 is 15.9 Å². The number of hydrogen-bond donors (Lipinski definition) is 2. The standard InChI is InChI=1S/C27H27N3O4S2/c1-17-13-18(2)16-30(15-17)36(33,34)21-10-7-19(8-11-21)26(32)28-20-9-12-22(24(31)14-20)27-29-23-5-3-4-6-25(23)35-27/h3-12,14,17-18,31H,13,15-16H2,1-2H3,(H,28,32). The van der Waals surface area contributed by atoms with Gasteiger partial charge >= 0.3 is 0 Å². The normalized spacial score (nSPS) is 18.8. The van der Waals surface area contributed by atoms with Gasteiger partial charge in [0.25, 0.3) is 5.91 Å². The molecule has 36 heavy (non-hydrogen) atoms. The number of piperidine rings is 1. The van der Waals surface area contributed by atoms with Gasteiger partial charge in [0, 0.05) is 30.4 Å². The lowest BCUT2D eigenvalue weighted by Crippen LogP contribution is -2.42. The van der Waals surface area contributed by atoms with E-state index in [9.17, 15) is 18.3 Å². The van der Waals surface area contributed by atoms with Crippen molar-refractivity contribution in [1.82, 2.24) is 9.29 Å². The number of sulfonamides is 1. The number of hydrogen-bond acceptors (Lipinski definition) is 6. The number of rotatable bonds is 5. The first-order chi connectivity index (χ1) is 17.2. The summed E-state index contributed by atoms with van der Waals surface area (Å²) in [6.45, 7) is 5.14. The SMILES string of the molecule is CC1CC(C)CN(S(=O)(=O)c2ccc(C(=O)Nc3ccc(-c4nc5ccccc5s4)c(O)c3)cc2)C1. The van der Waals surface area contributed by atoms with E-state index in [4.69, 9.17) is 0 Å². The number of aromatic hydroxyl groups is 1. The number of phenolic OH excluding ortho intramolecular Hbond substituents is 1. The lowest BCUT2D eigenvalue weighted by Gasteiger charge is -2.34. The molecule has 2 N–H and O–H groups in total. The summed E-state index contributed by atoms with van der Waals surface area (Å²) in [5.41, 5.74) is 2.20. The third-order valence-electron chi connectivity index (χ3n) is 6.37. The van der Waals surface area contributed by atoms with Crippen molar-refractivity contribution in [2.45, 2.75) is 25.2 Å². The molecule has 186 valence electrons. The van der Waals surface area contributed by atoms with Gasteiger partial charge in [-0.1, -0.05) is 26.0 Å². The third kappa shape index (κ3) is 4.86. The Kier molecular flexibility index (Phi) is 6.55.